The van der Waals surface area contributed by atoms with Crippen molar-refractivity contribution in [3.63, 3.8) is 0 Å². The van der Waals surface area contributed by atoms with E-state index in [1.165, 1.54) is 25.3 Å². The summed E-state index contributed by atoms with van der Waals surface area (Å²) >= 11 is 0. The van der Waals surface area contributed by atoms with Gasteiger partial charge in [-0.05, 0) is 45.6 Å². The zero-order valence-corrected chi connectivity index (χ0v) is 21.1. The van der Waals surface area contributed by atoms with Crippen molar-refractivity contribution in [2.75, 3.05) is 7.11 Å². The first-order valence-electron chi connectivity index (χ1n) is 11.4. The number of hydrogen-bond donors (Lipinski definition) is 2. The highest BCUT2D eigenvalue weighted by Gasteiger charge is 2.39. The van der Waals surface area contributed by atoms with Crippen molar-refractivity contribution in [2.45, 2.75) is 66.0 Å². The third-order valence-electron chi connectivity index (χ3n) is 5.48. The van der Waals surface area contributed by atoms with E-state index in [1.807, 2.05) is 13.8 Å². The van der Waals surface area contributed by atoms with Crippen LogP contribution in [0.2, 0.25) is 0 Å². The van der Waals surface area contributed by atoms with Crippen LogP contribution in [0.15, 0.2) is 46.8 Å². The molecule has 2 N–H and O–H groups in total. The standard InChI is InChI=1S/C25H33N3O7/c1-13(2)11-19(24(30)34-7)27-23(29)20-15(5)26-16(6)21(25(31)35-14(3)4)22(20)17-9-8-10-18(12-17)28(32)33/h8-10,12-14,19,22,26H,11H2,1-7H3,(H,27,29)/t19-,22+/m0/s1. The number of hydrogen-bond acceptors (Lipinski definition) is 8. The van der Waals surface area contributed by atoms with Crippen LogP contribution in [0.5, 0.6) is 0 Å². The number of benzene rings is 1. The SMILES string of the molecule is COC(=O)[C@H](CC(C)C)NC(=O)C1=C(C)NC(C)=C(C(=O)OC(C)C)[C@@H]1c1cccc([N+](=O)[O-])c1. The molecule has 0 radical (unpaired) electrons. The van der Waals surface area contributed by atoms with E-state index in [1.54, 1.807) is 33.8 Å². The number of amides is 1. The van der Waals surface area contributed by atoms with Gasteiger partial charge < -0.3 is 20.1 Å². The Morgan fingerprint density at radius 2 is 1.74 bits per heavy atom. The minimum absolute atomic E-state index is 0.0882. The number of esters is 2. The van der Waals surface area contributed by atoms with E-state index >= 15 is 0 Å². The van der Waals surface area contributed by atoms with Gasteiger partial charge in [0.05, 0.1) is 29.6 Å². The van der Waals surface area contributed by atoms with Crippen molar-refractivity contribution in [3.05, 3.63) is 62.5 Å². The molecule has 0 unspecified atom stereocenters. The lowest BCUT2D eigenvalue weighted by Gasteiger charge is -2.32. The molecule has 1 aliphatic heterocycles. The third-order valence-corrected chi connectivity index (χ3v) is 5.48. The van der Waals surface area contributed by atoms with E-state index in [2.05, 4.69) is 10.6 Å². The van der Waals surface area contributed by atoms with E-state index in [0.717, 1.165) is 0 Å². The second kappa shape index (κ2) is 11.6. The second-order valence-electron chi connectivity index (χ2n) is 9.12. The number of methoxy groups -OCH3 is 1. The monoisotopic (exact) mass is 487 g/mol. The number of nitrogens with one attached hydrogen (secondary N) is 2. The van der Waals surface area contributed by atoms with E-state index < -0.39 is 40.8 Å². The molecule has 0 aliphatic carbocycles. The van der Waals surface area contributed by atoms with Gasteiger partial charge in [-0.2, -0.15) is 0 Å². The van der Waals surface area contributed by atoms with Crippen molar-refractivity contribution in [2.24, 2.45) is 5.92 Å². The van der Waals surface area contributed by atoms with Crippen LogP contribution in [0.1, 0.15) is 59.4 Å². The molecule has 0 spiro atoms. The molecular weight excluding hydrogens is 454 g/mol. The van der Waals surface area contributed by atoms with Crippen molar-refractivity contribution in [1.29, 1.82) is 0 Å². The van der Waals surface area contributed by atoms with Crippen molar-refractivity contribution in [1.82, 2.24) is 10.6 Å². The molecule has 2 rings (SSSR count). The fourth-order valence-corrected chi connectivity index (χ4v) is 4.06. The van der Waals surface area contributed by atoms with Gasteiger partial charge in [0, 0.05) is 29.1 Å². The largest absolute Gasteiger partial charge is 0.467 e. The van der Waals surface area contributed by atoms with E-state index in [4.69, 9.17) is 9.47 Å². The van der Waals surface area contributed by atoms with Gasteiger partial charge >= 0.3 is 11.9 Å². The van der Waals surface area contributed by atoms with Crippen LogP contribution >= 0.6 is 0 Å². The molecule has 0 saturated carbocycles. The van der Waals surface area contributed by atoms with E-state index in [0.29, 0.717) is 23.4 Å². The van der Waals surface area contributed by atoms with Gasteiger partial charge in [0.1, 0.15) is 6.04 Å². The molecule has 0 saturated heterocycles. The molecule has 1 amide bonds. The molecule has 0 bridgehead atoms. The summed E-state index contributed by atoms with van der Waals surface area (Å²) in [7, 11) is 1.24. The normalized spacial score (nSPS) is 16.7. The Kier molecular flexibility index (Phi) is 9.16. The Labute approximate surface area is 204 Å². The number of non-ortho nitro benzene ring substituents is 1. The average Bonchev–Trinajstić information content (AvgIpc) is 2.76. The summed E-state index contributed by atoms with van der Waals surface area (Å²) in [5.74, 6) is -2.70. The molecule has 2 atom stereocenters. The number of nitrogens with zero attached hydrogens (tertiary/aromatic N) is 1. The Balaban J connectivity index is 2.64. The lowest BCUT2D eigenvalue weighted by molar-refractivity contribution is -0.384. The van der Waals surface area contributed by atoms with Gasteiger partial charge in [0.15, 0.2) is 0 Å². The summed E-state index contributed by atoms with van der Waals surface area (Å²) < 4.78 is 10.3. The quantitative estimate of drug-likeness (QED) is 0.307. The zero-order valence-electron chi connectivity index (χ0n) is 21.1. The number of rotatable bonds is 9. The smallest absolute Gasteiger partial charge is 0.337 e. The minimum atomic E-state index is -0.959. The van der Waals surface area contributed by atoms with Crippen LogP contribution in [0.25, 0.3) is 0 Å². The minimum Gasteiger partial charge on any atom is -0.467 e. The first-order chi connectivity index (χ1) is 16.4. The van der Waals surface area contributed by atoms with Crippen molar-refractivity contribution < 1.29 is 28.8 Å². The molecule has 190 valence electrons. The van der Waals surface area contributed by atoms with Crippen LogP contribution in [0.3, 0.4) is 0 Å². The maximum atomic E-state index is 13.6. The van der Waals surface area contributed by atoms with Crippen LogP contribution in [0, 0.1) is 16.0 Å². The Morgan fingerprint density at radius 3 is 2.29 bits per heavy atom. The first-order valence-corrected chi connectivity index (χ1v) is 11.4. The van der Waals surface area contributed by atoms with Gasteiger partial charge in [-0.1, -0.05) is 26.0 Å². The van der Waals surface area contributed by atoms with Gasteiger partial charge in [-0.15, -0.1) is 0 Å². The summed E-state index contributed by atoms with van der Waals surface area (Å²) in [6, 6.07) is 4.87. The lowest BCUT2D eigenvalue weighted by atomic mass is 9.79. The van der Waals surface area contributed by atoms with Gasteiger partial charge in [0.2, 0.25) is 0 Å². The molecular formula is C25H33N3O7. The molecule has 10 nitrogen and oxygen atoms in total. The van der Waals surface area contributed by atoms with Crippen LogP contribution in [0.4, 0.5) is 5.69 Å². The van der Waals surface area contributed by atoms with Crippen LogP contribution in [-0.2, 0) is 23.9 Å². The van der Waals surface area contributed by atoms with Crippen molar-refractivity contribution >= 4 is 23.5 Å². The Hall–Kier alpha value is -3.69. The maximum absolute atomic E-state index is 13.6. The van der Waals surface area contributed by atoms with Crippen LogP contribution in [-0.4, -0.2) is 42.0 Å². The fourth-order valence-electron chi connectivity index (χ4n) is 4.06. The fraction of sp³-hybridized carbons (Fsp3) is 0.480. The highest BCUT2D eigenvalue weighted by molar-refractivity contribution is 6.03. The summed E-state index contributed by atoms with van der Waals surface area (Å²) in [6.07, 6.45) is -0.0795. The summed E-state index contributed by atoms with van der Waals surface area (Å²) in [6.45, 7) is 10.6. The summed E-state index contributed by atoms with van der Waals surface area (Å²) in [4.78, 5) is 50.0. The molecule has 35 heavy (non-hydrogen) atoms. The average molecular weight is 488 g/mol. The number of ether oxygens (including phenoxy) is 2. The highest BCUT2D eigenvalue weighted by atomic mass is 16.6. The maximum Gasteiger partial charge on any atom is 0.337 e. The predicted octanol–water partition coefficient (Wildman–Crippen LogP) is 3.49. The topological polar surface area (TPSA) is 137 Å². The summed E-state index contributed by atoms with van der Waals surface area (Å²) in [5.41, 5.74) is 1.43. The highest BCUT2D eigenvalue weighted by Crippen LogP contribution is 2.40. The second-order valence-corrected chi connectivity index (χ2v) is 9.12. The molecule has 1 aromatic carbocycles. The molecule has 10 heteroatoms. The molecule has 1 aliphatic rings. The van der Waals surface area contributed by atoms with Gasteiger partial charge in [-0.25, -0.2) is 9.59 Å². The third kappa shape index (κ3) is 6.68. The number of allylic oxidation sites excluding steroid dienone is 2. The van der Waals surface area contributed by atoms with Gasteiger partial charge in [-0.3, -0.25) is 14.9 Å². The van der Waals surface area contributed by atoms with E-state index in [9.17, 15) is 24.5 Å². The van der Waals surface area contributed by atoms with Crippen molar-refractivity contribution in [3.8, 4) is 0 Å². The lowest BCUT2D eigenvalue weighted by Crippen LogP contribution is -2.45. The number of nitro benzene ring substituents is 1. The van der Waals surface area contributed by atoms with Crippen LogP contribution < -0.4 is 10.6 Å². The number of nitro groups is 1. The first kappa shape index (κ1) is 27.6. The number of dihydropyridines is 1. The Morgan fingerprint density at radius 1 is 1.11 bits per heavy atom. The Bertz CT molecular complexity index is 1070. The number of carbonyl (C=O) groups excluding carboxylic acids is 3. The molecule has 0 fully saturated rings. The van der Waals surface area contributed by atoms with E-state index in [-0.39, 0.29) is 22.8 Å². The van der Waals surface area contributed by atoms with Gasteiger partial charge in [0.25, 0.3) is 11.6 Å². The summed E-state index contributed by atoms with van der Waals surface area (Å²) in [5, 5.41) is 17.2. The molecule has 1 heterocycles. The molecule has 0 aromatic heterocycles. The molecule has 1 aromatic rings. The predicted molar refractivity (Wildman–Crippen MR) is 129 cm³/mol. The number of carbonyl (C=O) groups is 3. The zero-order chi connectivity index (χ0) is 26.4.